The lowest BCUT2D eigenvalue weighted by atomic mass is 10.4. The lowest BCUT2D eigenvalue weighted by Gasteiger charge is -2.03. The molecule has 0 bridgehead atoms. The van der Waals surface area contributed by atoms with Gasteiger partial charge in [-0.2, -0.15) is 0 Å². The number of rotatable bonds is 5. The van der Waals surface area contributed by atoms with E-state index in [4.69, 9.17) is 4.42 Å². The number of hydrogen-bond donors (Lipinski definition) is 3. The van der Waals surface area contributed by atoms with Crippen molar-refractivity contribution in [2.24, 2.45) is 7.05 Å². The van der Waals surface area contributed by atoms with E-state index in [1.165, 1.54) is 18.0 Å². The van der Waals surface area contributed by atoms with Crippen molar-refractivity contribution < 1.29 is 9.21 Å². The summed E-state index contributed by atoms with van der Waals surface area (Å²) in [5.41, 5.74) is -0.713. The monoisotopic (exact) mass is 335 g/mol. The zero-order valence-electron chi connectivity index (χ0n) is 12.1. The minimum absolute atomic E-state index is 0.125. The smallest absolute Gasteiger partial charge is 0.327 e. The highest BCUT2D eigenvalue weighted by Gasteiger charge is 2.14. The van der Waals surface area contributed by atoms with Crippen molar-refractivity contribution in [3.05, 3.63) is 45.0 Å². The standard InChI is InChI=1S/C13H13N5O4S/c1-18-10-9(11(20)17-12(21)16-10)15-13(18)23-6-8(19)14-5-7-3-2-4-22-7/h2-4H,5-6H2,1H3,(H,14,19)(H2,16,17,20,21). The number of nitrogens with zero attached hydrogens (tertiary/aromatic N) is 2. The number of aromatic amines is 2. The second-order valence-electron chi connectivity index (χ2n) is 4.70. The molecule has 9 nitrogen and oxygen atoms in total. The van der Waals surface area contributed by atoms with E-state index in [-0.39, 0.29) is 17.2 Å². The minimum Gasteiger partial charge on any atom is -0.467 e. The van der Waals surface area contributed by atoms with Crippen LogP contribution in [0.15, 0.2) is 37.6 Å². The van der Waals surface area contributed by atoms with Gasteiger partial charge in [0.2, 0.25) is 5.91 Å². The molecule has 0 saturated heterocycles. The van der Waals surface area contributed by atoms with E-state index in [1.54, 1.807) is 23.7 Å². The molecule has 0 unspecified atom stereocenters. The van der Waals surface area contributed by atoms with Crippen LogP contribution in [0, 0.1) is 0 Å². The molecule has 10 heteroatoms. The molecular formula is C13H13N5O4S. The summed E-state index contributed by atoms with van der Waals surface area (Å²) in [5, 5.41) is 3.17. The molecule has 3 heterocycles. The van der Waals surface area contributed by atoms with Gasteiger partial charge in [0, 0.05) is 7.05 Å². The maximum Gasteiger partial charge on any atom is 0.327 e. The zero-order valence-corrected chi connectivity index (χ0v) is 12.9. The summed E-state index contributed by atoms with van der Waals surface area (Å²) in [6.45, 7) is 0.307. The average molecular weight is 335 g/mol. The maximum atomic E-state index is 11.8. The Morgan fingerprint density at radius 3 is 3.00 bits per heavy atom. The van der Waals surface area contributed by atoms with Crippen LogP contribution in [0.5, 0.6) is 0 Å². The van der Waals surface area contributed by atoms with Gasteiger partial charge in [-0.05, 0) is 12.1 Å². The molecule has 0 aromatic carbocycles. The molecule has 0 fully saturated rings. The normalized spacial score (nSPS) is 11.0. The summed E-state index contributed by atoms with van der Waals surface area (Å²) in [7, 11) is 1.66. The Morgan fingerprint density at radius 1 is 1.43 bits per heavy atom. The summed E-state index contributed by atoms with van der Waals surface area (Å²) in [6, 6.07) is 3.51. The highest BCUT2D eigenvalue weighted by Crippen LogP contribution is 2.18. The van der Waals surface area contributed by atoms with E-state index in [0.29, 0.717) is 23.1 Å². The van der Waals surface area contributed by atoms with Crippen molar-refractivity contribution in [1.82, 2.24) is 24.8 Å². The lowest BCUT2D eigenvalue weighted by Crippen LogP contribution is -2.24. The van der Waals surface area contributed by atoms with Gasteiger partial charge in [-0.25, -0.2) is 9.78 Å². The van der Waals surface area contributed by atoms with E-state index in [9.17, 15) is 14.4 Å². The number of fused-ring (bicyclic) bond motifs is 1. The number of carbonyl (C=O) groups excluding carboxylic acids is 1. The summed E-state index contributed by atoms with van der Waals surface area (Å²) in [6.07, 6.45) is 1.54. The third-order valence-corrected chi connectivity index (χ3v) is 4.13. The highest BCUT2D eigenvalue weighted by molar-refractivity contribution is 7.99. The molecule has 3 N–H and O–H groups in total. The zero-order chi connectivity index (χ0) is 16.4. The van der Waals surface area contributed by atoms with Crippen LogP contribution >= 0.6 is 11.8 Å². The van der Waals surface area contributed by atoms with Crippen LogP contribution in [-0.2, 0) is 18.4 Å². The number of hydrogen-bond acceptors (Lipinski definition) is 6. The summed E-state index contributed by atoms with van der Waals surface area (Å²) < 4.78 is 6.69. The Morgan fingerprint density at radius 2 is 2.26 bits per heavy atom. The number of amides is 1. The first kappa shape index (κ1) is 15.2. The van der Waals surface area contributed by atoms with Gasteiger partial charge in [-0.1, -0.05) is 11.8 Å². The molecule has 3 rings (SSSR count). The SMILES string of the molecule is Cn1c(SCC(=O)NCc2ccco2)nc2c(=O)[nH]c(=O)[nH]c21. The predicted octanol–water partition coefficient (Wildman–Crippen LogP) is -0.0486. The molecule has 3 aromatic heterocycles. The second-order valence-corrected chi connectivity index (χ2v) is 5.65. The van der Waals surface area contributed by atoms with Crippen LogP contribution in [0.4, 0.5) is 0 Å². The van der Waals surface area contributed by atoms with E-state index in [2.05, 4.69) is 20.3 Å². The fourth-order valence-electron chi connectivity index (χ4n) is 1.99. The Balaban J connectivity index is 1.68. The van der Waals surface area contributed by atoms with Crippen molar-refractivity contribution in [3.63, 3.8) is 0 Å². The Labute approximate surface area is 133 Å². The highest BCUT2D eigenvalue weighted by atomic mass is 32.2. The Kier molecular flexibility index (Phi) is 4.06. The quantitative estimate of drug-likeness (QED) is 0.561. The third kappa shape index (κ3) is 3.21. The first-order valence-corrected chi connectivity index (χ1v) is 7.64. The molecule has 0 aliphatic carbocycles. The van der Waals surface area contributed by atoms with Crippen LogP contribution in [0.3, 0.4) is 0 Å². The predicted molar refractivity (Wildman–Crippen MR) is 83.2 cm³/mol. The number of aryl methyl sites for hydroxylation is 1. The molecule has 0 aliphatic rings. The molecule has 1 amide bonds. The van der Waals surface area contributed by atoms with Crippen molar-refractivity contribution >= 4 is 28.8 Å². The fourth-order valence-corrected chi connectivity index (χ4v) is 2.79. The Bertz CT molecular complexity index is 953. The van der Waals surface area contributed by atoms with E-state index >= 15 is 0 Å². The topological polar surface area (TPSA) is 126 Å². The molecule has 0 radical (unpaired) electrons. The summed E-state index contributed by atoms with van der Waals surface area (Å²) in [4.78, 5) is 43.6. The van der Waals surface area contributed by atoms with E-state index in [1.807, 2.05) is 0 Å². The van der Waals surface area contributed by atoms with Gasteiger partial charge < -0.3 is 14.3 Å². The van der Waals surface area contributed by atoms with Gasteiger partial charge in [-0.3, -0.25) is 19.6 Å². The number of thioether (sulfide) groups is 1. The van der Waals surface area contributed by atoms with Crippen LogP contribution in [-0.4, -0.2) is 31.2 Å². The minimum atomic E-state index is -0.599. The summed E-state index contributed by atoms with van der Waals surface area (Å²) >= 11 is 1.17. The molecule has 3 aromatic rings. The molecule has 0 aliphatic heterocycles. The van der Waals surface area contributed by atoms with Crippen LogP contribution in [0.1, 0.15) is 5.76 Å². The molecule has 120 valence electrons. The van der Waals surface area contributed by atoms with Gasteiger partial charge in [0.1, 0.15) is 11.4 Å². The number of aromatic nitrogens is 4. The number of nitrogens with one attached hydrogen (secondary N) is 3. The molecule has 0 atom stereocenters. The molecule has 23 heavy (non-hydrogen) atoms. The number of imidazole rings is 1. The van der Waals surface area contributed by atoms with Gasteiger partial charge >= 0.3 is 5.69 Å². The maximum absolute atomic E-state index is 11.8. The van der Waals surface area contributed by atoms with Crippen molar-refractivity contribution in [3.8, 4) is 0 Å². The molecular weight excluding hydrogens is 322 g/mol. The summed E-state index contributed by atoms with van der Waals surface area (Å²) in [5.74, 6) is 0.594. The van der Waals surface area contributed by atoms with Gasteiger partial charge in [0.15, 0.2) is 10.7 Å². The first-order valence-electron chi connectivity index (χ1n) is 6.65. The van der Waals surface area contributed by atoms with Crippen LogP contribution in [0.25, 0.3) is 11.2 Å². The second kappa shape index (κ2) is 6.16. The van der Waals surface area contributed by atoms with E-state index in [0.717, 1.165) is 0 Å². The largest absolute Gasteiger partial charge is 0.467 e. The first-order chi connectivity index (χ1) is 11.0. The van der Waals surface area contributed by atoms with Crippen LogP contribution in [0.2, 0.25) is 0 Å². The number of furan rings is 1. The third-order valence-electron chi connectivity index (χ3n) is 3.10. The van der Waals surface area contributed by atoms with Crippen molar-refractivity contribution in [2.75, 3.05) is 5.75 Å². The average Bonchev–Trinajstić information content (AvgIpc) is 3.13. The van der Waals surface area contributed by atoms with Crippen molar-refractivity contribution in [1.29, 1.82) is 0 Å². The van der Waals surface area contributed by atoms with E-state index < -0.39 is 11.2 Å². The number of carbonyl (C=O) groups is 1. The molecule has 0 saturated carbocycles. The van der Waals surface area contributed by atoms with Crippen LogP contribution < -0.4 is 16.6 Å². The van der Waals surface area contributed by atoms with Gasteiger partial charge in [-0.15, -0.1) is 0 Å². The lowest BCUT2D eigenvalue weighted by molar-refractivity contribution is -0.118. The number of H-pyrrole nitrogens is 2. The van der Waals surface area contributed by atoms with Gasteiger partial charge in [0.05, 0.1) is 18.6 Å². The fraction of sp³-hybridized carbons (Fsp3) is 0.231. The molecule has 0 spiro atoms. The van der Waals surface area contributed by atoms with Crippen molar-refractivity contribution in [2.45, 2.75) is 11.7 Å². The van der Waals surface area contributed by atoms with Gasteiger partial charge in [0.25, 0.3) is 5.56 Å². The Hall–Kier alpha value is -2.75.